The molecule has 0 aliphatic heterocycles. The summed E-state index contributed by atoms with van der Waals surface area (Å²) in [6, 6.07) is 8.94. The van der Waals surface area contributed by atoms with Crippen LogP contribution in [0.3, 0.4) is 0 Å². The Balaban J connectivity index is 0.000000593. The van der Waals surface area contributed by atoms with Crippen LogP contribution in [0.25, 0.3) is 0 Å². The topological polar surface area (TPSA) is 26.0 Å². The van der Waals surface area contributed by atoms with Crippen molar-refractivity contribution in [1.82, 2.24) is 0 Å². The van der Waals surface area contributed by atoms with E-state index in [-0.39, 0.29) is 0 Å². The van der Waals surface area contributed by atoms with Gasteiger partial charge in [-0.3, -0.25) is 0 Å². The van der Waals surface area contributed by atoms with Gasteiger partial charge in [0.05, 0.1) is 0 Å². The lowest BCUT2D eigenvalue weighted by molar-refractivity contribution is 1.16. The molecule has 0 saturated carbocycles. The first-order valence-electron chi connectivity index (χ1n) is 6.08. The summed E-state index contributed by atoms with van der Waals surface area (Å²) in [4.78, 5) is 2.72. The Labute approximate surface area is 228 Å². The highest BCUT2D eigenvalue weighted by atomic mass is 127. The highest BCUT2D eigenvalue weighted by molar-refractivity contribution is 14.1. The molecule has 0 aliphatic carbocycles. The Morgan fingerprint density at radius 2 is 1.00 bits per heavy atom. The van der Waals surface area contributed by atoms with Crippen LogP contribution in [0.5, 0.6) is 0 Å². The van der Waals surface area contributed by atoms with Crippen LogP contribution in [-0.2, 0) is 0 Å². The van der Waals surface area contributed by atoms with Crippen molar-refractivity contribution >= 4 is 160 Å². The molecule has 0 heterocycles. The number of thiol groups is 1. The van der Waals surface area contributed by atoms with E-state index in [9.17, 15) is 0 Å². The van der Waals surface area contributed by atoms with Crippen molar-refractivity contribution in [3.05, 3.63) is 45.7 Å². The highest BCUT2D eigenvalue weighted by Crippen LogP contribution is 2.40. The van der Waals surface area contributed by atoms with E-state index in [1.54, 1.807) is 0 Å². The molecule has 0 radical (unpaired) electrons. The van der Waals surface area contributed by atoms with Crippen molar-refractivity contribution < 1.29 is 0 Å². The number of benzene rings is 2. The molecule has 0 spiro atoms. The van der Waals surface area contributed by atoms with Gasteiger partial charge in [0.1, 0.15) is 0 Å². The Kier molecular flexibility index (Phi) is 13.7. The first-order valence-corrected chi connectivity index (χ1v) is 14.0. The van der Waals surface area contributed by atoms with E-state index in [4.69, 9.17) is 5.73 Å². The van der Waals surface area contributed by atoms with Crippen molar-refractivity contribution in [2.45, 2.75) is 9.79 Å². The molecule has 2 rings (SSSR count). The smallest absolute Gasteiger partial charge is 0.0391 e. The van der Waals surface area contributed by atoms with Crippen LogP contribution in [0, 0.1) is 21.4 Å². The number of hydrogen-bond donors (Lipinski definition) is 2. The molecule has 0 aromatic heterocycles. The highest BCUT2D eigenvalue weighted by Gasteiger charge is 2.13. The minimum Gasteiger partial charge on any atom is -0.330 e. The third-order valence-corrected chi connectivity index (χ3v) is 9.92. The molecule has 9 heteroatoms. The maximum atomic E-state index is 4.95. The van der Waals surface area contributed by atoms with Gasteiger partial charge in [-0.25, -0.2) is 0 Å². The van der Waals surface area contributed by atoms with Crippen LogP contribution in [0.4, 0.5) is 0 Å². The third-order valence-electron chi connectivity index (χ3n) is 2.26. The van der Waals surface area contributed by atoms with E-state index < -0.39 is 0 Å². The van der Waals surface area contributed by atoms with Gasteiger partial charge in [-0.05, 0) is 160 Å². The average Bonchev–Trinajstić information content (AvgIpc) is 2.45. The van der Waals surface area contributed by atoms with Crippen LogP contribution >= 0.6 is 160 Å². The fraction of sp³-hybridized carbons (Fsp3) is 0.143. The summed E-state index contributed by atoms with van der Waals surface area (Å²) in [6.07, 6.45) is 0. The Morgan fingerprint density at radius 1 is 0.739 bits per heavy atom. The summed E-state index contributed by atoms with van der Waals surface area (Å²) < 4.78 is 7.88. The maximum absolute atomic E-state index is 4.95. The minimum atomic E-state index is 0.684. The van der Waals surface area contributed by atoms with Crippen molar-refractivity contribution in [3.8, 4) is 0 Å². The van der Waals surface area contributed by atoms with Gasteiger partial charge in [0.15, 0.2) is 0 Å². The molecule has 0 unspecified atom stereocenters. The molecule has 0 fully saturated rings. The summed E-state index contributed by atoms with van der Waals surface area (Å²) in [5.74, 6) is 0.792. The number of hydrogen-bond acceptors (Lipinski definition) is 3. The second-order valence-electron chi connectivity index (χ2n) is 4.01. The van der Waals surface area contributed by atoms with Crippen molar-refractivity contribution in [3.63, 3.8) is 0 Å². The van der Waals surface area contributed by atoms with Crippen LogP contribution in [0.15, 0.2) is 34.1 Å². The van der Waals surface area contributed by atoms with Crippen LogP contribution in [0.2, 0.25) is 0 Å². The van der Waals surface area contributed by atoms with E-state index in [1.807, 2.05) is 11.8 Å². The zero-order valence-electron chi connectivity index (χ0n) is 11.4. The first kappa shape index (κ1) is 24.5. The number of nitrogens with two attached hydrogens (primary N) is 1. The van der Waals surface area contributed by atoms with Crippen LogP contribution in [0.1, 0.15) is 0 Å². The van der Waals surface area contributed by atoms with Gasteiger partial charge in [-0.15, -0.1) is 0 Å². The van der Waals surface area contributed by atoms with Crippen LogP contribution < -0.4 is 5.73 Å². The zero-order valence-corrected chi connectivity index (χ0v) is 26.1. The summed E-state index contributed by atoms with van der Waals surface area (Å²) >= 11 is 20.1. The molecule has 0 atom stereocenters. The Bertz CT molecular complexity index is 577. The molecule has 0 amide bonds. The summed E-state index contributed by atoms with van der Waals surface area (Å²) in [5, 5.41) is 0. The Morgan fingerprint density at radius 3 is 1.22 bits per heavy atom. The van der Waals surface area contributed by atoms with E-state index in [2.05, 4.69) is 172 Å². The van der Waals surface area contributed by atoms with Gasteiger partial charge in [0.2, 0.25) is 0 Å². The molecule has 2 N–H and O–H groups in total. The molecule has 0 saturated heterocycles. The molecule has 126 valence electrons. The van der Waals surface area contributed by atoms with E-state index in [0.717, 1.165) is 5.75 Å². The molecule has 2 aromatic carbocycles. The molecule has 0 bridgehead atoms. The lowest BCUT2D eigenvalue weighted by atomic mass is 10.4. The summed E-state index contributed by atoms with van der Waals surface area (Å²) in [6.45, 7) is 0.684. The third kappa shape index (κ3) is 8.57. The quantitative estimate of drug-likeness (QED) is 0.249. The van der Waals surface area contributed by atoms with Gasteiger partial charge in [-0.1, -0.05) is 11.8 Å². The fourth-order valence-electron chi connectivity index (χ4n) is 1.35. The first-order chi connectivity index (χ1) is 10.8. The molecule has 1 nitrogen and oxygen atoms in total. The molecular formula is C14H11I6NS2. The van der Waals surface area contributed by atoms with E-state index >= 15 is 0 Å². The SMILES string of the molecule is Ic1cc(I)c(Sc2c(I)cc(I)cc2I)c(I)c1.NCCS. The summed E-state index contributed by atoms with van der Waals surface area (Å²) in [7, 11) is 0. The predicted molar refractivity (Wildman–Crippen MR) is 156 cm³/mol. The monoisotopic (exact) mass is 1020 g/mol. The second kappa shape index (κ2) is 12.8. The largest absolute Gasteiger partial charge is 0.330 e. The molecule has 23 heavy (non-hydrogen) atoms. The standard InChI is InChI=1S/C12H4I6S.C2H7NS/c13-5-1-7(15)11(8(16)2-5)19-12-9(17)3-6(14)4-10(12)18;3-1-2-4/h1-4H;4H,1-3H2. The van der Waals surface area contributed by atoms with Gasteiger partial charge in [0.25, 0.3) is 0 Å². The maximum Gasteiger partial charge on any atom is 0.0391 e. The van der Waals surface area contributed by atoms with Gasteiger partial charge >= 0.3 is 0 Å². The molecule has 2 aromatic rings. The van der Waals surface area contributed by atoms with Crippen molar-refractivity contribution in [2.24, 2.45) is 5.73 Å². The van der Waals surface area contributed by atoms with Crippen molar-refractivity contribution in [1.29, 1.82) is 0 Å². The molecular weight excluding hydrogens is 1010 g/mol. The Hall–Kier alpha value is 3.48. The predicted octanol–water partition coefficient (Wildman–Crippen LogP) is 7.34. The normalized spacial score (nSPS) is 10.3. The lowest BCUT2D eigenvalue weighted by Crippen LogP contribution is -1.97. The second-order valence-corrected chi connectivity index (χ2v) is 12.6. The number of rotatable bonds is 3. The average molecular weight is 1020 g/mol. The summed E-state index contributed by atoms with van der Waals surface area (Å²) in [5.41, 5.74) is 4.95. The van der Waals surface area contributed by atoms with Gasteiger partial charge < -0.3 is 5.73 Å². The molecule has 0 aliphatic rings. The van der Waals surface area contributed by atoms with Crippen LogP contribution in [-0.4, -0.2) is 12.3 Å². The van der Waals surface area contributed by atoms with E-state index in [0.29, 0.717) is 6.54 Å². The number of halogens is 6. The zero-order chi connectivity index (χ0) is 17.6. The minimum absolute atomic E-state index is 0.684. The van der Waals surface area contributed by atoms with Crippen molar-refractivity contribution in [2.75, 3.05) is 12.3 Å². The van der Waals surface area contributed by atoms with E-state index in [1.165, 1.54) is 31.2 Å². The fourth-order valence-corrected chi connectivity index (χ4v) is 10.7. The lowest BCUT2D eigenvalue weighted by Gasteiger charge is -2.11. The van der Waals surface area contributed by atoms with Gasteiger partial charge in [0, 0.05) is 43.5 Å². The van der Waals surface area contributed by atoms with Gasteiger partial charge in [-0.2, -0.15) is 12.6 Å².